The average molecular weight is 298 g/mol. The van der Waals surface area contributed by atoms with E-state index in [9.17, 15) is 15.2 Å². The topological polar surface area (TPSA) is 66.6 Å². The van der Waals surface area contributed by atoms with Gasteiger partial charge in [0.1, 0.15) is 0 Å². The molecule has 2 heterocycles. The third kappa shape index (κ3) is 2.67. The summed E-state index contributed by atoms with van der Waals surface area (Å²) in [5.41, 5.74) is 0.414. The number of rotatable bonds is 5. The van der Waals surface area contributed by atoms with Crippen LogP contribution in [-0.4, -0.2) is 23.1 Å². The highest BCUT2D eigenvalue weighted by Gasteiger charge is 2.38. The minimum Gasteiger partial charge on any atom is -0.388 e. The van der Waals surface area contributed by atoms with E-state index in [2.05, 4.69) is 18.7 Å². The first-order valence-electron chi connectivity index (χ1n) is 7.13. The van der Waals surface area contributed by atoms with Crippen molar-refractivity contribution >= 4 is 22.0 Å². The zero-order valence-electron chi connectivity index (χ0n) is 12.3. The molecule has 0 spiro atoms. The first-order chi connectivity index (χ1) is 9.42. The molecule has 2 rings (SSSR count). The monoisotopic (exact) mass is 298 g/mol. The molecule has 0 aliphatic carbocycles. The number of nitro groups is 1. The summed E-state index contributed by atoms with van der Waals surface area (Å²) < 4.78 is 0. The number of thiophene rings is 1. The fraction of sp³-hybridized carbons (Fsp3) is 0.714. The molecule has 1 atom stereocenters. The molecule has 0 aromatic carbocycles. The largest absolute Gasteiger partial charge is 0.388 e. The summed E-state index contributed by atoms with van der Waals surface area (Å²) in [5.74, 6) is 0. The summed E-state index contributed by atoms with van der Waals surface area (Å²) in [7, 11) is 0. The van der Waals surface area contributed by atoms with Gasteiger partial charge in [-0.1, -0.05) is 13.8 Å². The maximum atomic E-state index is 11.2. The molecule has 1 aromatic heterocycles. The Labute approximate surface area is 123 Å². The number of anilines is 1. The van der Waals surface area contributed by atoms with E-state index < -0.39 is 6.10 Å². The second-order valence-electron chi connectivity index (χ2n) is 5.65. The summed E-state index contributed by atoms with van der Waals surface area (Å²) in [6.45, 7) is 7.77. The van der Waals surface area contributed by atoms with Crippen LogP contribution in [0.25, 0.3) is 0 Å². The van der Waals surface area contributed by atoms with Gasteiger partial charge in [0.15, 0.2) is 5.00 Å². The summed E-state index contributed by atoms with van der Waals surface area (Å²) in [6.07, 6.45) is 2.63. The van der Waals surface area contributed by atoms with Crippen LogP contribution in [0.4, 0.5) is 10.7 Å². The number of aliphatic hydroxyl groups excluding tert-OH is 1. The van der Waals surface area contributed by atoms with Crippen LogP contribution < -0.4 is 4.90 Å². The molecule has 5 nitrogen and oxygen atoms in total. The predicted octanol–water partition coefficient (Wildman–Crippen LogP) is 3.73. The van der Waals surface area contributed by atoms with Crippen LogP contribution in [0.15, 0.2) is 6.07 Å². The molecule has 0 bridgehead atoms. The molecule has 1 aromatic rings. The summed E-state index contributed by atoms with van der Waals surface area (Å²) in [5, 5.41) is 21.6. The molecule has 1 aliphatic rings. The van der Waals surface area contributed by atoms with Gasteiger partial charge in [0.2, 0.25) is 0 Å². The second kappa shape index (κ2) is 5.69. The number of aliphatic hydroxyl groups is 1. The third-order valence-corrected chi connectivity index (χ3v) is 5.90. The fourth-order valence-electron chi connectivity index (χ4n) is 2.89. The van der Waals surface area contributed by atoms with Crippen LogP contribution in [-0.2, 0) is 0 Å². The molecule has 1 aliphatic heterocycles. The van der Waals surface area contributed by atoms with Crippen LogP contribution >= 0.6 is 11.3 Å². The first kappa shape index (κ1) is 15.3. The lowest BCUT2D eigenvalue weighted by Crippen LogP contribution is -2.25. The van der Waals surface area contributed by atoms with Gasteiger partial charge >= 0.3 is 5.69 Å². The van der Waals surface area contributed by atoms with Crippen molar-refractivity contribution in [3.05, 3.63) is 21.1 Å². The summed E-state index contributed by atoms with van der Waals surface area (Å²) in [6, 6.07) is 1.52. The molecule has 6 heteroatoms. The van der Waals surface area contributed by atoms with Crippen molar-refractivity contribution in [2.45, 2.75) is 46.1 Å². The van der Waals surface area contributed by atoms with Crippen LogP contribution in [0.3, 0.4) is 0 Å². The second-order valence-corrected chi connectivity index (χ2v) is 6.71. The molecule has 0 radical (unpaired) electrons. The van der Waals surface area contributed by atoms with Gasteiger partial charge in [-0.3, -0.25) is 10.1 Å². The van der Waals surface area contributed by atoms with Crippen LogP contribution in [0, 0.1) is 15.5 Å². The van der Waals surface area contributed by atoms with Gasteiger partial charge < -0.3 is 10.0 Å². The molecule has 112 valence electrons. The first-order valence-corrected chi connectivity index (χ1v) is 7.95. The fourth-order valence-corrected chi connectivity index (χ4v) is 3.98. The maximum Gasteiger partial charge on any atom is 0.304 e. The van der Waals surface area contributed by atoms with E-state index in [1.807, 2.05) is 0 Å². The van der Waals surface area contributed by atoms with Crippen molar-refractivity contribution in [1.82, 2.24) is 0 Å². The number of nitrogens with zero attached hydrogens (tertiary/aromatic N) is 2. The highest BCUT2D eigenvalue weighted by Crippen LogP contribution is 2.46. The molecular weight excluding hydrogens is 276 g/mol. The molecule has 1 fully saturated rings. The van der Waals surface area contributed by atoms with Crippen LogP contribution in [0.1, 0.15) is 51.0 Å². The van der Waals surface area contributed by atoms with Gasteiger partial charge in [-0.2, -0.15) is 0 Å². The molecule has 1 unspecified atom stereocenters. The Hall–Kier alpha value is -1.14. The third-order valence-electron chi connectivity index (χ3n) is 4.55. The number of hydrogen-bond acceptors (Lipinski definition) is 5. The Morgan fingerprint density at radius 3 is 2.65 bits per heavy atom. The zero-order chi connectivity index (χ0) is 14.9. The quantitative estimate of drug-likeness (QED) is 0.664. The molecular formula is C14H22N2O3S. The zero-order valence-corrected chi connectivity index (χ0v) is 13.1. The van der Waals surface area contributed by atoms with Crippen molar-refractivity contribution < 1.29 is 10.0 Å². The molecule has 1 N–H and O–H groups in total. The minimum absolute atomic E-state index is 0.133. The highest BCUT2D eigenvalue weighted by atomic mass is 32.1. The van der Waals surface area contributed by atoms with Crippen molar-refractivity contribution in [2.75, 3.05) is 18.0 Å². The standard InChI is InChI=1S/C14H22N2O3S/c1-4-14(5-2)6-7-15(9-14)13-11(16(18)19)8-12(20-13)10(3)17/h8,10,17H,4-7,9H2,1-3H3. The van der Waals surface area contributed by atoms with Gasteiger partial charge in [0.05, 0.1) is 11.0 Å². The Kier molecular flexibility index (Phi) is 4.34. The van der Waals surface area contributed by atoms with Crippen LogP contribution in [0.2, 0.25) is 0 Å². The molecule has 0 amide bonds. The van der Waals surface area contributed by atoms with E-state index in [4.69, 9.17) is 0 Å². The van der Waals surface area contributed by atoms with E-state index in [-0.39, 0.29) is 16.0 Å². The summed E-state index contributed by atoms with van der Waals surface area (Å²) >= 11 is 1.35. The van der Waals surface area contributed by atoms with Gasteiger partial charge in [-0.05, 0) is 31.6 Å². The van der Waals surface area contributed by atoms with Gasteiger partial charge in [0, 0.05) is 24.0 Å². The maximum absolute atomic E-state index is 11.2. The van der Waals surface area contributed by atoms with E-state index in [0.717, 1.165) is 32.4 Å². The van der Waals surface area contributed by atoms with Crippen molar-refractivity contribution in [3.8, 4) is 0 Å². The average Bonchev–Trinajstić information content (AvgIpc) is 3.03. The van der Waals surface area contributed by atoms with Crippen LogP contribution in [0.5, 0.6) is 0 Å². The van der Waals surface area contributed by atoms with E-state index in [1.165, 1.54) is 17.4 Å². The Morgan fingerprint density at radius 2 is 2.20 bits per heavy atom. The van der Waals surface area contributed by atoms with E-state index in [0.29, 0.717) is 9.88 Å². The molecule has 1 saturated heterocycles. The van der Waals surface area contributed by atoms with Gasteiger partial charge in [-0.15, -0.1) is 11.3 Å². The van der Waals surface area contributed by atoms with Gasteiger partial charge in [-0.25, -0.2) is 0 Å². The lowest BCUT2D eigenvalue weighted by molar-refractivity contribution is -0.383. The van der Waals surface area contributed by atoms with E-state index in [1.54, 1.807) is 6.92 Å². The summed E-state index contributed by atoms with van der Waals surface area (Å²) in [4.78, 5) is 13.7. The Balaban J connectivity index is 2.31. The van der Waals surface area contributed by atoms with Crippen molar-refractivity contribution in [2.24, 2.45) is 5.41 Å². The normalized spacial score (nSPS) is 19.3. The highest BCUT2D eigenvalue weighted by molar-refractivity contribution is 7.16. The molecule has 20 heavy (non-hydrogen) atoms. The lowest BCUT2D eigenvalue weighted by Gasteiger charge is -2.26. The predicted molar refractivity (Wildman–Crippen MR) is 81.5 cm³/mol. The van der Waals surface area contributed by atoms with Crippen molar-refractivity contribution in [3.63, 3.8) is 0 Å². The smallest absolute Gasteiger partial charge is 0.304 e. The van der Waals surface area contributed by atoms with Gasteiger partial charge in [0.25, 0.3) is 0 Å². The lowest BCUT2D eigenvalue weighted by atomic mass is 9.82. The van der Waals surface area contributed by atoms with E-state index >= 15 is 0 Å². The minimum atomic E-state index is -0.655. The Morgan fingerprint density at radius 1 is 1.55 bits per heavy atom. The Bertz CT molecular complexity index is 495. The van der Waals surface area contributed by atoms with Crippen molar-refractivity contribution in [1.29, 1.82) is 0 Å². The SMILES string of the molecule is CCC1(CC)CCN(c2sc(C(C)O)cc2[N+](=O)[O-])C1. The number of hydrogen-bond donors (Lipinski definition) is 1. The molecule has 0 saturated carbocycles.